The Balaban J connectivity index is 2.02. The molecule has 3 heteroatoms. The molecule has 1 saturated heterocycles. The zero-order valence-electron chi connectivity index (χ0n) is 9.79. The Bertz CT molecular complexity index is 365. The maximum atomic E-state index is 5.72. The third-order valence-corrected chi connectivity index (χ3v) is 3.87. The Morgan fingerprint density at radius 3 is 2.81 bits per heavy atom. The highest BCUT2D eigenvalue weighted by Gasteiger charge is 2.28. The molecule has 16 heavy (non-hydrogen) atoms. The van der Waals surface area contributed by atoms with Crippen molar-refractivity contribution in [1.82, 2.24) is 0 Å². The van der Waals surface area contributed by atoms with E-state index in [2.05, 4.69) is 66.0 Å². The normalized spacial score (nSPS) is 24.1. The van der Waals surface area contributed by atoms with E-state index >= 15 is 0 Å². The van der Waals surface area contributed by atoms with Gasteiger partial charge in [-0.2, -0.15) is 0 Å². The molecule has 1 aliphatic rings. The van der Waals surface area contributed by atoms with Crippen LogP contribution in [0.15, 0.2) is 24.3 Å². The Labute approximate surface area is 111 Å². The van der Waals surface area contributed by atoms with E-state index in [0.29, 0.717) is 6.04 Å². The minimum atomic E-state index is 0.0101. The van der Waals surface area contributed by atoms with Crippen molar-refractivity contribution in [2.45, 2.75) is 38.3 Å². The summed E-state index contributed by atoms with van der Waals surface area (Å²) >= 11 is 2.37. The number of para-hydroxylation sites is 1. The molecule has 1 unspecified atom stereocenters. The fourth-order valence-corrected chi connectivity index (χ4v) is 2.70. The molecule has 0 aliphatic carbocycles. The third-order valence-electron chi connectivity index (χ3n) is 2.93. The molecule has 0 bridgehead atoms. The van der Waals surface area contributed by atoms with Crippen molar-refractivity contribution >= 4 is 28.3 Å². The number of rotatable bonds is 2. The van der Waals surface area contributed by atoms with E-state index in [-0.39, 0.29) is 5.60 Å². The second kappa shape index (κ2) is 4.92. The minimum Gasteiger partial charge on any atom is -0.381 e. The van der Waals surface area contributed by atoms with Crippen LogP contribution in [-0.2, 0) is 4.74 Å². The molecule has 0 radical (unpaired) electrons. The summed E-state index contributed by atoms with van der Waals surface area (Å²) < 4.78 is 7.00. The first kappa shape index (κ1) is 12.2. The highest BCUT2D eigenvalue weighted by molar-refractivity contribution is 14.1. The maximum absolute atomic E-state index is 5.72. The molecular weight excluding hydrogens is 313 g/mol. The van der Waals surface area contributed by atoms with Crippen molar-refractivity contribution in [1.29, 1.82) is 0 Å². The van der Waals surface area contributed by atoms with Crippen LogP contribution in [0.3, 0.4) is 0 Å². The smallest absolute Gasteiger partial charge is 0.0646 e. The lowest BCUT2D eigenvalue weighted by Crippen LogP contribution is -2.40. The lowest BCUT2D eigenvalue weighted by molar-refractivity contribution is -0.0553. The van der Waals surface area contributed by atoms with Gasteiger partial charge in [-0.15, -0.1) is 0 Å². The van der Waals surface area contributed by atoms with Crippen LogP contribution in [0.2, 0.25) is 0 Å². The number of hydrogen-bond donors (Lipinski definition) is 1. The molecule has 0 aromatic heterocycles. The van der Waals surface area contributed by atoms with Crippen LogP contribution in [-0.4, -0.2) is 18.2 Å². The van der Waals surface area contributed by atoms with Crippen LogP contribution in [0.25, 0.3) is 0 Å². The molecule has 1 atom stereocenters. The average Bonchev–Trinajstić information content (AvgIpc) is 2.20. The summed E-state index contributed by atoms with van der Waals surface area (Å²) in [7, 11) is 0. The number of anilines is 1. The largest absolute Gasteiger partial charge is 0.381 e. The summed E-state index contributed by atoms with van der Waals surface area (Å²) in [6.07, 6.45) is 2.16. The van der Waals surface area contributed by atoms with Gasteiger partial charge in [-0.3, -0.25) is 0 Å². The molecule has 0 saturated carbocycles. The lowest BCUT2D eigenvalue weighted by Gasteiger charge is -2.36. The van der Waals surface area contributed by atoms with Gasteiger partial charge in [0.2, 0.25) is 0 Å². The first-order chi connectivity index (χ1) is 7.57. The van der Waals surface area contributed by atoms with E-state index in [0.717, 1.165) is 19.4 Å². The summed E-state index contributed by atoms with van der Waals surface area (Å²) in [6.45, 7) is 5.18. The Hall–Kier alpha value is -0.290. The highest BCUT2D eigenvalue weighted by Crippen LogP contribution is 2.27. The topological polar surface area (TPSA) is 21.3 Å². The molecule has 2 nitrogen and oxygen atoms in total. The predicted molar refractivity (Wildman–Crippen MR) is 75.8 cm³/mol. The molecule has 1 N–H and O–H groups in total. The van der Waals surface area contributed by atoms with Crippen LogP contribution >= 0.6 is 22.6 Å². The Morgan fingerprint density at radius 1 is 1.38 bits per heavy atom. The monoisotopic (exact) mass is 331 g/mol. The van der Waals surface area contributed by atoms with Crippen molar-refractivity contribution < 1.29 is 4.74 Å². The van der Waals surface area contributed by atoms with E-state index in [4.69, 9.17) is 4.74 Å². The second-order valence-corrected chi connectivity index (χ2v) is 6.08. The van der Waals surface area contributed by atoms with Gasteiger partial charge in [0.25, 0.3) is 0 Å². The van der Waals surface area contributed by atoms with Gasteiger partial charge in [-0.25, -0.2) is 0 Å². The van der Waals surface area contributed by atoms with E-state index < -0.39 is 0 Å². The van der Waals surface area contributed by atoms with Crippen LogP contribution in [0, 0.1) is 3.57 Å². The molecule has 1 heterocycles. The molecule has 1 aromatic rings. The fourth-order valence-electron chi connectivity index (χ4n) is 2.15. The lowest BCUT2D eigenvalue weighted by atomic mass is 9.94. The number of hydrogen-bond acceptors (Lipinski definition) is 2. The predicted octanol–water partition coefficient (Wildman–Crippen LogP) is 3.66. The van der Waals surface area contributed by atoms with Gasteiger partial charge in [0.05, 0.1) is 5.60 Å². The maximum Gasteiger partial charge on any atom is 0.0646 e. The van der Waals surface area contributed by atoms with Gasteiger partial charge in [0.15, 0.2) is 0 Å². The number of ether oxygens (including phenoxy) is 1. The standard InChI is InChI=1S/C13H18INO/c1-13(2)9-10(7-8-16-13)15-12-6-4-3-5-11(12)14/h3-6,10,15H,7-9H2,1-2H3. The quantitative estimate of drug-likeness (QED) is 0.835. The van der Waals surface area contributed by atoms with Gasteiger partial charge in [-0.1, -0.05) is 12.1 Å². The molecule has 0 amide bonds. The molecule has 88 valence electrons. The summed E-state index contributed by atoms with van der Waals surface area (Å²) in [5.74, 6) is 0. The average molecular weight is 331 g/mol. The zero-order valence-corrected chi connectivity index (χ0v) is 12.0. The summed E-state index contributed by atoms with van der Waals surface area (Å²) in [4.78, 5) is 0. The number of benzene rings is 1. The van der Waals surface area contributed by atoms with Crippen molar-refractivity contribution in [2.75, 3.05) is 11.9 Å². The zero-order chi connectivity index (χ0) is 11.6. The Kier molecular flexibility index (Phi) is 3.74. The summed E-state index contributed by atoms with van der Waals surface area (Å²) in [6, 6.07) is 8.95. The SMILES string of the molecule is CC1(C)CC(Nc2ccccc2I)CCO1. The first-order valence-corrected chi connectivity index (χ1v) is 6.80. The third kappa shape index (κ3) is 3.10. The van der Waals surface area contributed by atoms with Crippen molar-refractivity contribution in [3.63, 3.8) is 0 Å². The van der Waals surface area contributed by atoms with E-state index in [1.54, 1.807) is 0 Å². The molecular formula is C13H18INO. The fraction of sp³-hybridized carbons (Fsp3) is 0.538. The molecule has 2 rings (SSSR count). The minimum absolute atomic E-state index is 0.0101. The first-order valence-electron chi connectivity index (χ1n) is 5.72. The van der Waals surface area contributed by atoms with Gasteiger partial charge in [0, 0.05) is 21.9 Å². The van der Waals surface area contributed by atoms with Crippen LogP contribution < -0.4 is 5.32 Å². The Morgan fingerprint density at radius 2 is 2.12 bits per heavy atom. The molecule has 1 aromatic carbocycles. The van der Waals surface area contributed by atoms with Crippen LogP contribution in [0.1, 0.15) is 26.7 Å². The summed E-state index contributed by atoms with van der Waals surface area (Å²) in [5, 5.41) is 3.62. The highest BCUT2D eigenvalue weighted by atomic mass is 127. The van der Waals surface area contributed by atoms with Crippen LogP contribution in [0.4, 0.5) is 5.69 Å². The van der Waals surface area contributed by atoms with Gasteiger partial charge < -0.3 is 10.1 Å². The van der Waals surface area contributed by atoms with Crippen molar-refractivity contribution in [3.05, 3.63) is 27.8 Å². The van der Waals surface area contributed by atoms with E-state index in [9.17, 15) is 0 Å². The molecule has 1 fully saturated rings. The van der Waals surface area contributed by atoms with E-state index in [1.165, 1.54) is 9.26 Å². The van der Waals surface area contributed by atoms with Gasteiger partial charge >= 0.3 is 0 Å². The van der Waals surface area contributed by atoms with Gasteiger partial charge in [-0.05, 0) is 61.4 Å². The van der Waals surface area contributed by atoms with Gasteiger partial charge in [0.1, 0.15) is 0 Å². The number of nitrogens with one attached hydrogen (secondary N) is 1. The van der Waals surface area contributed by atoms with Crippen LogP contribution in [0.5, 0.6) is 0 Å². The van der Waals surface area contributed by atoms with Crippen molar-refractivity contribution in [2.24, 2.45) is 0 Å². The second-order valence-electron chi connectivity index (χ2n) is 4.92. The summed E-state index contributed by atoms with van der Waals surface area (Å²) in [5.41, 5.74) is 1.25. The van der Waals surface area contributed by atoms with Crippen molar-refractivity contribution in [3.8, 4) is 0 Å². The van der Waals surface area contributed by atoms with E-state index in [1.807, 2.05) is 0 Å². The molecule has 0 spiro atoms. The number of halogens is 1. The molecule has 1 aliphatic heterocycles.